The number of carbonyl (C=O) groups excluding carboxylic acids is 1. The maximum atomic E-state index is 11.1. The van der Waals surface area contributed by atoms with Crippen LogP contribution < -0.4 is 138 Å². The van der Waals surface area contributed by atoms with E-state index in [1.165, 1.54) is 0 Å². The van der Waals surface area contributed by atoms with Crippen molar-refractivity contribution in [2.24, 2.45) is 0 Å². The molecule has 0 bridgehead atoms. The molecule has 0 heterocycles. The molecule has 0 aromatic heterocycles. The average molecular weight is 428 g/mol. The van der Waals surface area contributed by atoms with Gasteiger partial charge in [-0.3, -0.25) is 4.79 Å². The second kappa shape index (κ2) is 17.6. The Balaban J connectivity index is -0.000000301. The van der Waals surface area contributed by atoms with E-state index in [1.54, 1.807) is 0 Å². The first-order chi connectivity index (χ1) is 8.83. The van der Waals surface area contributed by atoms with Gasteiger partial charge in [0.1, 0.15) is 24.9 Å². The molecule has 0 amide bonds. The van der Waals surface area contributed by atoms with E-state index in [1.807, 2.05) is 0 Å². The van der Waals surface area contributed by atoms with Crippen LogP contribution in [0.4, 0.5) is 0 Å². The second-order valence-electron chi connectivity index (χ2n) is 3.43. The molecule has 0 radical (unpaired) electrons. The molecule has 0 aliphatic rings. The quantitative estimate of drug-likeness (QED) is 0.230. The van der Waals surface area contributed by atoms with Gasteiger partial charge in [0.2, 0.25) is 0 Å². The van der Waals surface area contributed by atoms with Crippen LogP contribution >= 0.6 is 15.6 Å². The van der Waals surface area contributed by atoms with Crippen molar-refractivity contribution in [1.29, 1.82) is 0 Å². The first-order valence-corrected chi connectivity index (χ1v) is 7.65. The van der Waals surface area contributed by atoms with Gasteiger partial charge in [-0.05, 0) is 0 Å². The number of ketones is 1. The molecule has 3 N–H and O–H groups in total. The SMILES string of the molecule is O=C(COP(=O)([O-])[O-])[C@@H](O)[C@H](O)[C@H](O)COP(=O)([O-])[O-].[Na+].[Na+].[Na+].[Na+]. The van der Waals surface area contributed by atoms with Crippen molar-refractivity contribution >= 4 is 21.4 Å². The van der Waals surface area contributed by atoms with E-state index < -0.39 is 53.0 Å². The Morgan fingerprint density at radius 2 is 1.25 bits per heavy atom. The van der Waals surface area contributed by atoms with Crippen LogP contribution in [-0.2, 0) is 23.0 Å². The first kappa shape index (κ1) is 38.4. The molecule has 18 heteroatoms. The maximum absolute atomic E-state index is 11.1. The van der Waals surface area contributed by atoms with Gasteiger partial charge in [0.05, 0.1) is 22.3 Å². The first-order valence-electron chi connectivity index (χ1n) is 4.73. The summed E-state index contributed by atoms with van der Waals surface area (Å²) in [6.45, 7) is -2.63. The summed E-state index contributed by atoms with van der Waals surface area (Å²) in [4.78, 5) is 51.4. The number of phosphoric ester groups is 2. The minimum absolute atomic E-state index is 0. The third-order valence-electron chi connectivity index (χ3n) is 1.82. The van der Waals surface area contributed by atoms with Crippen LogP contribution in [0.1, 0.15) is 0 Å². The summed E-state index contributed by atoms with van der Waals surface area (Å²) < 4.78 is 27.3. The van der Waals surface area contributed by atoms with Crippen LogP contribution in [-0.4, -0.2) is 52.6 Å². The second-order valence-corrected chi connectivity index (χ2v) is 5.74. The Labute approximate surface area is 225 Å². The molecule has 0 fully saturated rings. The van der Waals surface area contributed by atoms with Gasteiger partial charge in [0.25, 0.3) is 0 Å². The number of hydrogen-bond acceptors (Lipinski definition) is 12. The number of phosphoric acid groups is 2. The number of rotatable bonds is 9. The van der Waals surface area contributed by atoms with Crippen LogP contribution in [0, 0.1) is 0 Å². The van der Waals surface area contributed by atoms with Gasteiger partial charge in [-0.1, -0.05) is 0 Å². The predicted octanol–water partition coefficient (Wildman–Crippen LogP) is -17.7. The van der Waals surface area contributed by atoms with Gasteiger partial charge >= 0.3 is 118 Å². The van der Waals surface area contributed by atoms with Crippen molar-refractivity contribution in [2.45, 2.75) is 18.3 Å². The third kappa shape index (κ3) is 20.5. The number of hydrogen-bond donors (Lipinski definition) is 3. The van der Waals surface area contributed by atoms with Crippen molar-refractivity contribution in [3.05, 3.63) is 0 Å². The van der Waals surface area contributed by atoms with Gasteiger partial charge in [-0.2, -0.15) is 0 Å². The smallest absolute Gasteiger partial charge is 0.790 e. The van der Waals surface area contributed by atoms with Gasteiger partial charge in [0, 0.05) is 0 Å². The third-order valence-corrected chi connectivity index (χ3v) is 2.73. The van der Waals surface area contributed by atoms with Gasteiger partial charge in [-0.25, -0.2) is 0 Å². The number of Topliss-reactive ketones (excluding diaryl/α,β-unsaturated/α-hetero) is 1. The number of aliphatic hydroxyl groups is 3. The summed E-state index contributed by atoms with van der Waals surface area (Å²) in [5, 5.41) is 27.5. The average Bonchev–Trinajstić information content (AvgIpc) is 2.29. The van der Waals surface area contributed by atoms with E-state index >= 15 is 0 Å². The van der Waals surface area contributed by atoms with Crippen molar-refractivity contribution < 1.29 is 176 Å². The molecule has 0 unspecified atom stereocenters. The van der Waals surface area contributed by atoms with Crippen LogP contribution in [0.5, 0.6) is 0 Å². The molecule has 0 aliphatic heterocycles. The zero-order valence-electron chi connectivity index (χ0n) is 13.6. The summed E-state index contributed by atoms with van der Waals surface area (Å²) in [5.74, 6) is -1.48. The minimum Gasteiger partial charge on any atom is -0.790 e. The molecule has 0 saturated carbocycles. The van der Waals surface area contributed by atoms with Crippen molar-refractivity contribution in [2.75, 3.05) is 13.2 Å². The van der Waals surface area contributed by atoms with Gasteiger partial charge in [-0.15, -0.1) is 0 Å². The summed E-state index contributed by atoms with van der Waals surface area (Å²) in [6, 6.07) is 0. The molecule has 3 atom stereocenters. The van der Waals surface area contributed by atoms with Gasteiger partial charge in [0.15, 0.2) is 5.78 Å². The van der Waals surface area contributed by atoms with Crippen LogP contribution in [0.25, 0.3) is 0 Å². The van der Waals surface area contributed by atoms with E-state index in [0.717, 1.165) is 0 Å². The molecular formula is C6H10Na4O12P2. The molecule has 0 aromatic carbocycles. The zero-order valence-corrected chi connectivity index (χ0v) is 23.3. The molecular weight excluding hydrogens is 418 g/mol. The minimum atomic E-state index is -5.47. The normalized spacial score (nSPS) is 14.6. The zero-order chi connectivity index (χ0) is 16.1. The fraction of sp³-hybridized carbons (Fsp3) is 0.833. The molecule has 0 spiro atoms. The molecule has 0 aromatic rings. The molecule has 0 rings (SSSR count). The summed E-state index contributed by atoms with van der Waals surface area (Å²) in [7, 11) is -10.9. The monoisotopic (exact) mass is 428 g/mol. The molecule has 120 valence electrons. The fourth-order valence-electron chi connectivity index (χ4n) is 0.895. The van der Waals surface area contributed by atoms with Gasteiger partial charge < -0.3 is 53.1 Å². The van der Waals surface area contributed by atoms with Crippen molar-refractivity contribution in [1.82, 2.24) is 0 Å². The topological polar surface area (TPSA) is 223 Å². The predicted molar refractivity (Wildman–Crippen MR) is 50.1 cm³/mol. The Kier molecular flexibility index (Phi) is 28.2. The van der Waals surface area contributed by atoms with Crippen molar-refractivity contribution in [3.8, 4) is 0 Å². The Bertz CT molecular complexity index is 426. The fourth-order valence-corrected chi connectivity index (χ4v) is 1.52. The number of aliphatic hydroxyl groups excluding tert-OH is 3. The largest absolute Gasteiger partial charge is 1.00 e. The molecule has 0 aliphatic carbocycles. The maximum Gasteiger partial charge on any atom is 1.00 e. The standard InChI is InChI=1S/C6H14O12P2.4Na/c7-3(1-17-19(11,12)13)5(9)6(10)4(8)2-18-20(14,15)16;;;;/h3,5-7,9-10H,1-2H2,(H2,11,12,13)(H2,14,15,16);;;;/q;4*+1/p-4/t3-,5-,6-;;;;/m1..../s1. The Morgan fingerprint density at radius 3 is 1.58 bits per heavy atom. The van der Waals surface area contributed by atoms with E-state index in [9.17, 15) is 38.6 Å². The van der Waals surface area contributed by atoms with Crippen LogP contribution in [0.3, 0.4) is 0 Å². The van der Waals surface area contributed by atoms with E-state index in [2.05, 4.69) is 9.05 Å². The molecule has 24 heavy (non-hydrogen) atoms. The molecule has 0 saturated heterocycles. The Morgan fingerprint density at radius 1 is 0.875 bits per heavy atom. The Hall–Kier alpha value is 3.77. The summed E-state index contributed by atoms with van der Waals surface area (Å²) in [6.07, 6.45) is -6.83. The van der Waals surface area contributed by atoms with E-state index in [4.69, 9.17) is 10.2 Å². The van der Waals surface area contributed by atoms with Crippen LogP contribution in [0.15, 0.2) is 0 Å². The molecule has 12 nitrogen and oxygen atoms in total. The number of carbonyl (C=O) groups is 1. The summed E-state index contributed by atoms with van der Waals surface area (Å²) >= 11 is 0. The van der Waals surface area contributed by atoms with E-state index in [-0.39, 0.29) is 118 Å². The van der Waals surface area contributed by atoms with E-state index in [0.29, 0.717) is 0 Å². The van der Waals surface area contributed by atoms with Crippen molar-refractivity contribution in [3.63, 3.8) is 0 Å². The summed E-state index contributed by atoms with van der Waals surface area (Å²) in [5.41, 5.74) is 0. The van der Waals surface area contributed by atoms with Crippen LogP contribution in [0.2, 0.25) is 0 Å².